The van der Waals surface area contributed by atoms with Crippen molar-refractivity contribution in [1.29, 1.82) is 0 Å². The van der Waals surface area contributed by atoms with Crippen LogP contribution in [0, 0.1) is 0 Å². The molecule has 2 aliphatic heterocycles. The van der Waals surface area contributed by atoms with Gasteiger partial charge in [0, 0.05) is 50.2 Å². The molecular formula is C17H29N5OS. The molecule has 2 aliphatic rings. The van der Waals surface area contributed by atoms with E-state index in [0.717, 1.165) is 45.0 Å². The summed E-state index contributed by atoms with van der Waals surface area (Å²) in [5.74, 6) is 0.842. The first-order valence-corrected chi connectivity index (χ1v) is 9.84. The van der Waals surface area contributed by atoms with Crippen LogP contribution in [0.25, 0.3) is 0 Å². The van der Waals surface area contributed by atoms with Crippen LogP contribution in [0.15, 0.2) is 11.2 Å². The standard InChI is InChI=1S/C17H29N5OS/c1-3-15-10-20-16(24-15)6-7-19-17(18-2)21-9-14-11-22-8-4-5-13(22)12-23-14/h10,13-14H,3-9,11-12H2,1-2H3,(H2,18,19,21). The Labute approximate surface area is 148 Å². The molecule has 1 aromatic rings. The van der Waals surface area contributed by atoms with Crippen LogP contribution in [0.4, 0.5) is 0 Å². The highest BCUT2D eigenvalue weighted by Gasteiger charge is 2.32. The molecule has 2 unspecified atom stereocenters. The lowest BCUT2D eigenvalue weighted by molar-refractivity contribution is -0.0453. The van der Waals surface area contributed by atoms with E-state index in [4.69, 9.17) is 4.74 Å². The molecule has 2 saturated heterocycles. The molecule has 0 saturated carbocycles. The Morgan fingerprint density at radius 2 is 2.42 bits per heavy atom. The van der Waals surface area contributed by atoms with Crippen molar-refractivity contribution in [2.24, 2.45) is 4.99 Å². The summed E-state index contributed by atoms with van der Waals surface area (Å²) < 4.78 is 5.98. The maximum atomic E-state index is 5.98. The van der Waals surface area contributed by atoms with Crippen molar-refractivity contribution in [3.05, 3.63) is 16.1 Å². The monoisotopic (exact) mass is 351 g/mol. The number of hydrogen-bond acceptors (Lipinski definition) is 5. The van der Waals surface area contributed by atoms with Gasteiger partial charge in [-0.15, -0.1) is 11.3 Å². The van der Waals surface area contributed by atoms with E-state index in [0.29, 0.717) is 6.04 Å². The van der Waals surface area contributed by atoms with Gasteiger partial charge in [0.05, 0.1) is 17.7 Å². The normalized spacial score (nSPS) is 24.8. The summed E-state index contributed by atoms with van der Waals surface area (Å²) in [7, 11) is 1.81. The van der Waals surface area contributed by atoms with Gasteiger partial charge in [0.25, 0.3) is 0 Å². The van der Waals surface area contributed by atoms with Crippen LogP contribution in [0.3, 0.4) is 0 Å². The minimum atomic E-state index is 0.254. The molecule has 2 fully saturated rings. The molecule has 0 aromatic carbocycles. The number of hydrogen-bond donors (Lipinski definition) is 2. The molecule has 0 radical (unpaired) electrons. The number of nitrogens with zero attached hydrogens (tertiary/aromatic N) is 3. The second-order valence-electron chi connectivity index (χ2n) is 6.45. The average Bonchev–Trinajstić information content (AvgIpc) is 3.26. The summed E-state index contributed by atoms with van der Waals surface area (Å²) in [5, 5.41) is 7.94. The number of aromatic nitrogens is 1. The first kappa shape index (κ1) is 17.6. The van der Waals surface area contributed by atoms with E-state index in [1.54, 1.807) is 11.3 Å². The Balaban J connectivity index is 1.36. The van der Waals surface area contributed by atoms with Gasteiger partial charge in [-0.1, -0.05) is 6.92 Å². The van der Waals surface area contributed by atoms with Gasteiger partial charge in [-0.3, -0.25) is 9.89 Å². The van der Waals surface area contributed by atoms with Gasteiger partial charge >= 0.3 is 0 Å². The Bertz CT molecular complexity index is 547. The van der Waals surface area contributed by atoms with Gasteiger partial charge in [0.2, 0.25) is 0 Å². The summed E-state index contributed by atoms with van der Waals surface area (Å²) in [5.41, 5.74) is 0. The Morgan fingerprint density at radius 1 is 1.50 bits per heavy atom. The molecule has 2 atom stereocenters. The van der Waals surface area contributed by atoms with Crippen molar-refractivity contribution in [2.45, 2.75) is 44.8 Å². The van der Waals surface area contributed by atoms with Gasteiger partial charge < -0.3 is 15.4 Å². The van der Waals surface area contributed by atoms with E-state index < -0.39 is 0 Å². The van der Waals surface area contributed by atoms with Crippen LogP contribution < -0.4 is 10.6 Å². The number of fused-ring (bicyclic) bond motifs is 1. The fourth-order valence-corrected chi connectivity index (χ4v) is 4.22. The third-order valence-electron chi connectivity index (χ3n) is 4.76. The molecule has 3 heterocycles. The average molecular weight is 352 g/mol. The van der Waals surface area contributed by atoms with Crippen molar-refractivity contribution in [2.75, 3.05) is 39.8 Å². The van der Waals surface area contributed by atoms with Crippen molar-refractivity contribution in [3.63, 3.8) is 0 Å². The zero-order valence-electron chi connectivity index (χ0n) is 14.8. The van der Waals surface area contributed by atoms with E-state index in [1.807, 2.05) is 13.2 Å². The summed E-state index contributed by atoms with van der Waals surface area (Å²) in [6.07, 6.45) is 6.84. The highest BCUT2D eigenvalue weighted by Crippen LogP contribution is 2.22. The molecule has 2 N–H and O–H groups in total. The lowest BCUT2D eigenvalue weighted by Gasteiger charge is -2.35. The fraction of sp³-hybridized carbons (Fsp3) is 0.765. The van der Waals surface area contributed by atoms with Gasteiger partial charge in [-0.25, -0.2) is 4.98 Å². The molecule has 0 amide bonds. The maximum Gasteiger partial charge on any atom is 0.191 e. The van der Waals surface area contributed by atoms with E-state index in [9.17, 15) is 0 Å². The second kappa shape index (κ2) is 8.78. The van der Waals surface area contributed by atoms with Crippen molar-refractivity contribution in [1.82, 2.24) is 20.5 Å². The molecule has 1 aromatic heterocycles. The molecular weight excluding hydrogens is 322 g/mol. The van der Waals surface area contributed by atoms with E-state index in [1.165, 1.54) is 29.3 Å². The first-order chi connectivity index (χ1) is 11.8. The molecule has 0 aliphatic carbocycles. The number of aryl methyl sites for hydroxylation is 1. The van der Waals surface area contributed by atoms with Crippen LogP contribution >= 0.6 is 11.3 Å². The number of guanidine groups is 1. The zero-order chi connectivity index (χ0) is 16.8. The van der Waals surface area contributed by atoms with Crippen molar-refractivity contribution < 1.29 is 4.74 Å². The molecule has 0 bridgehead atoms. The van der Waals surface area contributed by atoms with Crippen molar-refractivity contribution in [3.8, 4) is 0 Å². The second-order valence-corrected chi connectivity index (χ2v) is 7.65. The highest BCUT2D eigenvalue weighted by atomic mass is 32.1. The van der Waals surface area contributed by atoms with E-state index in [-0.39, 0.29) is 6.10 Å². The first-order valence-electron chi connectivity index (χ1n) is 9.02. The Kier molecular flexibility index (Phi) is 6.45. The molecule has 24 heavy (non-hydrogen) atoms. The van der Waals surface area contributed by atoms with E-state index in [2.05, 4.69) is 32.4 Å². The SMILES string of the molecule is CCc1cnc(CCNC(=NC)NCC2CN3CCCC3CO2)s1. The van der Waals surface area contributed by atoms with Gasteiger partial charge in [0.15, 0.2) is 5.96 Å². The molecule has 6 nitrogen and oxygen atoms in total. The van der Waals surface area contributed by atoms with Crippen LogP contribution in [-0.2, 0) is 17.6 Å². The third kappa shape index (κ3) is 4.68. The predicted molar refractivity (Wildman–Crippen MR) is 98.9 cm³/mol. The zero-order valence-corrected chi connectivity index (χ0v) is 15.6. The number of ether oxygens (including phenoxy) is 1. The van der Waals surface area contributed by atoms with Crippen LogP contribution in [0.2, 0.25) is 0 Å². The lowest BCUT2D eigenvalue weighted by Crippen LogP contribution is -2.51. The largest absolute Gasteiger partial charge is 0.373 e. The minimum Gasteiger partial charge on any atom is -0.373 e. The van der Waals surface area contributed by atoms with E-state index >= 15 is 0 Å². The van der Waals surface area contributed by atoms with Crippen LogP contribution in [0.5, 0.6) is 0 Å². The minimum absolute atomic E-state index is 0.254. The molecule has 3 rings (SSSR count). The number of nitrogens with one attached hydrogen (secondary N) is 2. The Hall–Kier alpha value is -1.18. The summed E-state index contributed by atoms with van der Waals surface area (Å²) in [6.45, 7) is 6.95. The fourth-order valence-electron chi connectivity index (χ4n) is 3.36. The number of aliphatic imine (C=N–C) groups is 1. The molecule has 7 heteroatoms. The van der Waals surface area contributed by atoms with Crippen LogP contribution in [-0.4, -0.2) is 67.8 Å². The van der Waals surface area contributed by atoms with Crippen LogP contribution in [0.1, 0.15) is 29.7 Å². The predicted octanol–water partition coefficient (Wildman–Crippen LogP) is 1.28. The quantitative estimate of drug-likeness (QED) is 0.597. The van der Waals surface area contributed by atoms with Gasteiger partial charge in [0.1, 0.15) is 0 Å². The Morgan fingerprint density at radius 3 is 3.21 bits per heavy atom. The lowest BCUT2D eigenvalue weighted by atomic mass is 10.2. The maximum absolute atomic E-state index is 5.98. The van der Waals surface area contributed by atoms with Crippen molar-refractivity contribution >= 4 is 17.3 Å². The smallest absolute Gasteiger partial charge is 0.191 e. The highest BCUT2D eigenvalue weighted by molar-refractivity contribution is 7.11. The molecule has 134 valence electrons. The summed E-state index contributed by atoms with van der Waals surface area (Å²) >= 11 is 1.80. The number of thiazole rings is 1. The third-order valence-corrected chi connectivity index (χ3v) is 5.96. The summed E-state index contributed by atoms with van der Waals surface area (Å²) in [4.78, 5) is 12.7. The summed E-state index contributed by atoms with van der Waals surface area (Å²) in [6, 6.07) is 0.657. The molecule has 0 spiro atoms. The number of morpholine rings is 1. The van der Waals surface area contributed by atoms with Gasteiger partial charge in [-0.05, 0) is 25.8 Å². The van der Waals surface area contributed by atoms with Gasteiger partial charge in [-0.2, -0.15) is 0 Å². The number of rotatable bonds is 6. The topological polar surface area (TPSA) is 61.8 Å².